The van der Waals surface area contributed by atoms with Crippen molar-refractivity contribution in [3.05, 3.63) is 53.6 Å². The average molecular weight is 259 g/mol. The number of anilines is 1. The predicted octanol–water partition coefficient (Wildman–Crippen LogP) is 3.88. The Morgan fingerprint density at radius 2 is 1.94 bits per heavy atom. The molecule has 18 heavy (non-hydrogen) atoms. The van der Waals surface area contributed by atoms with E-state index in [1.807, 2.05) is 18.2 Å². The van der Waals surface area contributed by atoms with Crippen LogP contribution in [-0.2, 0) is 5.75 Å². The van der Waals surface area contributed by atoms with Crippen LogP contribution in [0.15, 0.2) is 47.4 Å². The number of aryl methyl sites for hydroxylation is 1. The molecule has 0 fully saturated rings. The van der Waals surface area contributed by atoms with E-state index >= 15 is 0 Å². The van der Waals surface area contributed by atoms with E-state index in [4.69, 9.17) is 10.5 Å². The van der Waals surface area contributed by atoms with Gasteiger partial charge in [-0.2, -0.15) is 0 Å². The third-order valence-corrected chi connectivity index (χ3v) is 3.87. The molecule has 0 aliphatic heterocycles. The van der Waals surface area contributed by atoms with Crippen LogP contribution in [0.3, 0.4) is 0 Å². The van der Waals surface area contributed by atoms with Crippen LogP contribution in [0.4, 0.5) is 5.69 Å². The molecule has 0 spiro atoms. The Hall–Kier alpha value is -1.61. The quantitative estimate of drug-likeness (QED) is 0.668. The first kappa shape index (κ1) is 12.8. The van der Waals surface area contributed by atoms with Crippen LogP contribution in [0.25, 0.3) is 0 Å². The molecule has 0 aliphatic carbocycles. The number of ether oxygens (including phenoxy) is 1. The second-order valence-electron chi connectivity index (χ2n) is 4.15. The topological polar surface area (TPSA) is 35.2 Å². The molecule has 0 saturated carbocycles. The number of methoxy groups -OCH3 is 1. The summed E-state index contributed by atoms with van der Waals surface area (Å²) in [5, 5.41) is 0. The maximum Gasteiger partial charge on any atom is 0.142 e. The SMILES string of the molecule is COc1cccc(SCc2cccc(C)c2)c1N. The Kier molecular flexibility index (Phi) is 4.15. The number of hydrogen-bond donors (Lipinski definition) is 1. The van der Waals surface area contributed by atoms with E-state index in [1.54, 1.807) is 18.9 Å². The lowest BCUT2D eigenvalue weighted by Gasteiger charge is -2.09. The lowest BCUT2D eigenvalue weighted by Crippen LogP contribution is -1.94. The Morgan fingerprint density at radius 1 is 1.17 bits per heavy atom. The maximum absolute atomic E-state index is 6.04. The van der Waals surface area contributed by atoms with Gasteiger partial charge < -0.3 is 10.5 Å². The van der Waals surface area contributed by atoms with Crippen LogP contribution in [0, 0.1) is 6.92 Å². The standard InChI is InChI=1S/C15H17NOS/c1-11-5-3-6-12(9-11)10-18-14-8-4-7-13(17-2)15(14)16/h3-9H,10,16H2,1-2H3. The fourth-order valence-electron chi connectivity index (χ4n) is 1.79. The minimum atomic E-state index is 0.720. The van der Waals surface area contributed by atoms with Gasteiger partial charge >= 0.3 is 0 Å². The number of nitrogens with two attached hydrogens (primary N) is 1. The van der Waals surface area contributed by atoms with Crippen molar-refractivity contribution in [2.24, 2.45) is 0 Å². The van der Waals surface area contributed by atoms with Gasteiger partial charge in [0, 0.05) is 10.6 Å². The summed E-state index contributed by atoms with van der Waals surface area (Å²) in [6.45, 7) is 2.11. The molecular formula is C15H17NOS. The summed E-state index contributed by atoms with van der Waals surface area (Å²) < 4.78 is 5.22. The summed E-state index contributed by atoms with van der Waals surface area (Å²) in [7, 11) is 1.64. The molecule has 0 atom stereocenters. The molecule has 0 aliphatic rings. The lowest BCUT2D eigenvalue weighted by atomic mass is 10.2. The number of rotatable bonds is 4. The van der Waals surface area contributed by atoms with Crippen molar-refractivity contribution < 1.29 is 4.74 Å². The molecule has 0 radical (unpaired) electrons. The summed E-state index contributed by atoms with van der Waals surface area (Å²) >= 11 is 1.73. The first-order valence-corrected chi connectivity index (χ1v) is 6.80. The van der Waals surface area contributed by atoms with Crippen LogP contribution >= 0.6 is 11.8 Å². The molecule has 2 aromatic rings. The zero-order valence-corrected chi connectivity index (χ0v) is 11.5. The van der Waals surface area contributed by atoms with Gasteiger partial charge in [-0.05, 0) is 24.6 Å². The van der Waals surface area contributed by atoms with Crippen molar-refractivity contribution in [1.82, 2.24) is 0 Å². The lowest BCUT2D eigenvalue weighted by molar-refractivity contribution is 0.416. The van der Waals surface area contributed by atoms with E-state index in [9.17, 15) is 0 Å². The van der Waals surface area contributed by atoms with E-state index < -0.39 is 0 Å². The number of nitrogen functional groups attached to an aromatic ring is 1. The Balaban J connectivity index is 2.11. The molecule has 2 nitrogen and oxygen atoms in total. The molecule has 0 saturated heterocycles. The largest absolute Gasteiger partial charge is 0.495 e. The molecule has 2 N–H and O–H groups in total. The predicted molar refractivity (Wildman–Crippen MR) is 78.1 cm³/mol. The maximum atomic E-state index is 6.04. The first-order chi connectivity index (χ1) is 8.70. The molecule has 0 amide bonds. The van der Waals surface area contributed by atoms with Gasteiger partial charge in [0.05, 0.1) is 12.8 Å². The fraction of sp³-hybridized carbons (Fsp3) is 0.200. The van der Waals surface area contributed by atoms with E-state index in [-0.39, 0.29) is 0 Å². The van der Waals surface area contributed by atoms with Gasteiger partial charge in [-0.15, -0.1) is 11.8 Å². The Labute approximate surface area is 112 Å². The van der Waals surface area contributed by atoms with Crippen LogP contribution in [0.5, 0.6) is 5.75 Å². The van der Waals surface area contributed by atoms with Crippen molar-refractivity contribution in [3.8, 4) is 5.75 Å². The van der Waals surface area contributed by atoms with Crippen LogP contribution in [0.2, 0.25) is 0 Å². The van der Waals surface area contributed by atoms with Gasteiger partial charge in [-0.25, -0.2) is 0 Å². The first-order valence-electron chi connectivity index (χ1n) is 5.81. The number of hydrogen-bond acceptors (Lipinski definition) is 3. The third kappa shape index (κ3) is 2.99. The van der Waals surface area contributed by atoms with E-state index in [0.29, 0.717) is 0 Å². The highest BCUT2D eigenvalue weighted by molar-refractivity contribution is 7.98. The average Bonchev–Trinajstić information content (AvgIpc) is 2.38. The van der Waals surface area contributed by atoms with E-state index in [0.717, 1.165) is 22.1 Å². The molecule has 2 rings (SSSR count). The number of para-hydroxylation sites is 1. The van der Waals surface area contributed by atoms with Gasteiger partial charge in [0.1, 0.15) is 5.75 Å². The highest BCUT2D eigenvalue weighted by Crippen LogP contribution is 2.34. The van der Waals surface area contributed by atoms with Gasteiger partial charge in [0.2, 0.25) is 0 Å². The smallest absolute Gasteiger partial charge is 0.142 e. The van der Waals surface area contributed by atoms with E-state index in [2.05, 4.69) is 31.2 Å². The minimum absolute atomic E-state index is 0.720. The van der Waals surface area contributed by atoms with Crippen molar-refractivity contribution >= 4 is 17.4 Å². The molecule has 0 aromatic heterocycles. The molecule has 0 unspecified atom stereocenters. The summed E-state index contributed by atoms with van der Waals surface area (Å²) in [5.41, 5.74) is 9.35. The van der Waals surface area contributed by atoms with Crippen molar-refractivity contribution in [2.75, 3.05) is 12.8 Å². The van der Waals surface area contributed by atoms with E-state index in [1.165, 1.54) is 11.1 Å². The zero-order chi connectivity index (χ0) is 13.0. The van der Waals surface area contributed by atoms with Crippen LogP contribution in [-0.4, -0.2) is 7.11 Å². The molecule has 0 bridgehead atoms. The monoisotopic (exact) mass is 259 g/mol. The summed E-state index contributed by atoms with van der Waals surface area (Å²) in [5.74, 6) is 1.66. The van der Waals surface area contributed by atoms with Crippen molar-refractivity contribution in [2.45, 2.75) is 17.6 Å². The highest BCUT2D eigenvalue weighted by atomic mass is 32.2. The number of benzene rings is 2. The fourth-order valence-corrected chi connectivity index (χ4v) is 2.72. The van der Waals surface area contributed by atoms with Crippen molar-refractivity contribution in [3.63, 3.8) is 0 Å². The molecule has 94 valence electrons. The van der Waals surface area contributed by atoms with Crippen LogP contribution < -0.4 is 10.5 Å². The minimum Gasteiger partial charge on any atom is -0.495 e. The molecule has 3 heteroatoms. The third-order valence-electron chi connectivity index (χ3n) is 2.72. The second-order valence-corrected chi connectivity index (χ2v) is 5.17. The van der Waals surface area contributed by atoms with Gasteiger partial charge in [-0.1, -0.05) is 35.9 Å². The van der Waals surface area contributed by atoms with Gasteiger partial charge in [-0.3, -0.25) is 0 Å². The molecule has 2 aromatic carbocycles. The van der Waals surface area contributed by atoms with Gasteiger partial charge in [0.15, 0.2) is 0 Å². The van der Waals surface area contributed by atoms with Gasteiger partial charge in [0.25, 0.3) is 0 Å². The summed E-state index contributed by atoms with van der Waals surface area (Å²) in [6.07, 6.45) is 0. The van der Waals surface area contributed by atoms with Crippen molar-refractivity contribution in [1.29, 1.82) is 0 Å². The summed E-state index contributed by atoms with van der Waals surface area (Å²) in [6, 6.07) is 14.4. The Bertz CT molecular complexity index is 540. The normalized spacial score (nSPS) is 10.3. The second kappa shape index (κ2) is 5.83. The number of thioether (sulfide) groups is 1. The highest BCUT2D eigenvalue weighted by Gasteiger charge is 2.05. The molecule has 0 heterocycles. The zero-order valence-electron chi connectivity index (χ0n) is 10.6. The Morgan fingerprint density at radius 3 is 2.67 bits per heavy atom. The van der Waals surface area contributed by atoms with Crippen LogP contribution in [0.1, 0.15) is 11.1 Å². The molecular weight excluding hydrogens is 242 g/mol. The summed E-state index contributed by atoms with van der Waals surface area (Å²) in [4.78, 5) is 1.07.